The van der Waals surface area contributed by atoms with Gasteiger partial charge >= 0.3 is 5.97 Å². The Kier molecular flexibility index (Phi) is 4.58. The van der Waals surface area contributed by atoms with Crippen molar-refractivity contribution >= 4 is 23.2 Å². The normalized spacial score (nSPS) is 18.5. The maximum Gasteiger partial charge on any atom is 0.329 e. The van der Waals surface area contributed by atoms with E-state index in [9.17, 15) is 14.7 Å². The summed E-state index contributed by atoms with van der Waals surface area (Å²) in [5.74, 6) is -1.09. The molecule has 0 aliphatic heterocycles. The summed E-state index contributed by atoms with van der Waals surface area (Å²) in [7, 11) is 0. The van der Waals surface area contributed by atoms with E-state index in [0.717, 1.165) is 31.2 Å². The first-order valence-corrected chi connectivity index (χ1v) is 7.62. The van der Waals surface area contributed by atoms with E-state index in [1.807, 2.05) is 16.8 Å². The van der Waals surface area contributed by atoms with E-state index in [4.69, 9.17) is 0 Å². The molecule has 5 heteroatoms. The van der Waals surface area contributed by atoms with E-state index >= 15 is 0 Å². The van der Waals surface area contributed by atoms with Gasteiger partial charge in [0.15, 0.2) is 0 Å². The smallest absolute Gasteiger partial charge is 0.329 e. The molecule has 19 heavy (non-hydrogen) atoms. The van der Waals surface area contributed by atoms with Gasteiger partial charge in [0.25, 0.3) is 0 Å². The number of carbonyl (C=O) groups is 2. The average molecular weight is 281 g/mol. The van der Waals surface area contributed by atoms with Gasteiger partial charge in [-0.1, -0.05) is 25.7 Å². The molecule has 1 aliphatic rings. The molecule has 1 aromatic rings. The maximum atomic E-state index is 12.0. The molecule has 1 aliphatic carbocycles. The molecular weight excluding hydrogens is 262 g/mol. The Morgan fingerprint density at radius 2 is 1.95 bits per heavy atom. The summed E-state index contributed by atoms with van der Waals surface area (Å²) in [6.07, 6.45) is 5.18. The monoisotopic (exact) mass is 281 g/mol. The standard InChI is InChI=1S/C14H19NO3S/c16-12(9-11-5-8-19-10-11)15-14(13(17)18)6-3-1-2-4-7-14/h5,8,10H,1-4,6-7,9H2,(H,15,16)(H,17,18). The van der Waals surface area contributed by atoms with Crippen molar-refractivity contribution in [3.05, 3.63) is 22.4 Å². The van der Waals surface area contributed by atoms with Crippen LogP contribution in [-0.4, -0.2) is 22.5 Å². The zero-order valence-electron chi connectivity index (χ0n) is 10.9. The first-order chi connectivity index (χ1) is 9.12. The van der Waals surface area contributed by atoms with Gasteiger partial charge < -0.3 is 10.4 Å². The van der Waals surface area contributed by atoms with E-state index in [2.05, 4.69) is 5.32 Å². The second kappa shape index (κ2) is 6.19. The highest BCUT2D eigenvalue weighted by atomic mass is 32.1. The lowest BCUT2D eigenvalue weighted by Gasteiger charge is -2.29. The van der Waals surface area contributed by atoms with Gasteiger partial charge in [-0.3, -0.25) is 4.79 Å². The Morgan fingerprint density at radius 1 is 1.26 bits per heavy atom. The molecule has 0 spiro atoms. The lowest BCUT2D eigenvalue weighted by Crippen LogP contribution is -2.54. The molecule has 0 aromatic carbocycles. The molecule has 0 atom stereocenters. The fraction of sp³-hybridized carbons (Fsp3) is 0.571. The minimum Gasteiger partial charge on any atom is -0.480 e. The Hall–Kier alpha value is -1.36. The minimum atomic E-state index is -1.05. The van der Waals surface area contributed by atoms with Crippen molar-refractivity contribution in [2.45, 2.75) is 50.5 Å². The third-order valence-electron chi connectivity index (χ3n) is 3.69. The SMILES string of the molecule is O=C(Cc1ccsc1)NC1(C(=O)O)CCCCCC1. The summed E-state index contributed by atoms with van der Waals surface area (Å²) in [6.45, 7) is 0. The fourth-order valence-electron chi connectivity index (χ4n) is 2.61. The highest BCUT2D eigenvalue weighted by Gasteiger charge is 2.39. The van der Waals surface area contributed by atoms with E-state index in [-0.39, 0.29) is 12.3 Å². The largest absolute Gasteiger partial charge is 0.480 e. The van der Waals surface area contributed by atoms with Crippen molar-refractivity contribution in [3.63, 3.8) is 0 Å². The number of carboxylic acid groups (broad SMARTS) is 1. The zero-order valence-corrected chi connectivity index (χ0v) is 11.7. The van der Waals surface area contributed by atoms with E-state index < -0.39 is 11.5 Å². The number of nitrogens with one attached hydrogen (secondary N) is 1. The molecule has 1 amide bonds. The van der Waals surface area contributed by atoms with E-state index in [1.54, 1.807) is 11.3 Å². The Morgan fingerprint density at radius 3 is 2.47 bits per heavy atom. The molecule has 1 heterocycles. The topological polar surface area (TPSA) is 66.4 Å². The van der Waals surface area contributed by atoms with Crippen LogP contribution in [0.2, 0.25) is 0 Å². The van der Waals surface area contributed by atoms with Gasteiger partial charge in [-0.05, 0) is 35.2 Å². The molecule has 1 aromatic heterocycles. The van der Waals surface area contributed by atoms with E-state index in [1.165, 1.54) is 0 Å². The molecular formula is C14H19NO3S. The zero-order chi connectivity index (χ0) is 13.7. The first kappa shape index (κ1) is 14.1. The number of hydrogen-bond donors (Lipinski definition) is 2. The van der Waals surface area contributed by atoms with Crippen LogP contribution in [0, 0.1) is 0 Å². The summed E-state index contributed by atoms with van der Waals surface area (Å²) < 4.78 is 0. The van der Waals surface area contributed by atoms with Gasteiger partial charge in [0.1, 0.15) is 5.54 Å². The highest BCUT2D eigenvalue weighted by Crippen LogP contribution is 2.27. The second-order valence-electron chi connectivity index (χ2n) is 5.16. The van der Waals surface area contributed by atoms with Crippen molar-refractivity contribution in [1.82, 2.24) is 5.32 Å². The van der Waals surface area contributed by atoms with Crippen LogP contribution >= 0.6 is 11.3 Å². The summed E-state index contributed by atoms with van der Waals surface area (Å²) >= 11 is 1.54. The van der Waals surface area contributed by atoms with Crippen LogP contribution in [0.5, 0.6) is 0 Å². The van der Waals surface area contributed by atoms with Crippen LogP contribution in [0.25, 0.3) is 0 Å². The van der Waals surface area contributed by atoms with Crippen molar-refractivity contribution in [1.29, 1.82) is 0 Å². The van der Waals surface area contributed by atoms with Gasteiger partial charge in [-0.2, -0.15) is 11.3 Å². The Labute approximate surface area is 116 Å². The number of carbonyl (C=O) groups excluding carboxylic acids is 1. The van der Waals surface area contributed by atoms with Crippen LogP contribution in [0.3, 0.4) is 0 Å². The lowest BCUT2D eigenvalue weighted by molar-refractivity contribution is -0.148. The number of aliphatic carboxylic acids is 1. The maximum absolute atomic E-state index is 12.0. The molecule has 104 valence electrons. The Bertz CT molecular complexity index is 434. The highest BCUT2D eigenvalue weighted by molar-refractivity contribution is 7.07. The Balaban J connectivity index is 2.03. The van der Waals surface area contributed by atoms with E-state index in [0.29, 0.717) is 12.8 Å². The summed E-state index contributed by atoms with van der Waals surface area (Å²) in [5.41, 5.74) is -0.111. The van der Waals surface area contributed by atoms with Gasteiger partial charge in [0, 0.05) is 0 Å². The number of hydrogen-bond acceptors (Lipinski definition) is 3. The molecule has 0 bridgehead atoms. The summed E-state index contributed by atoms with van der Waals surface area (Å²) in [6, 6.07) is 1.89. The average Bonchev–Trinajstić information content (AvgIpc) is 2.73. The van der Waals surface area contributed by atoms with Crippen molar-refractivity contribution in [2.24, 2.45) is 0 Å². The third kappa shape index (κ3) is 3.56. The number of amides is 1. The second-order valence-corrected chi connectivity index (χ2v) is 5.94. The van der Waals surface area contributed by atoms with Crippen LogP contribution in [0.4, 0.5) is 0 Å². The molecule has 0 unspecified atom stereocenters. The molecule has 2 N–H and O–H groups in total. The first-order valence-electron chi connectivity index (χ1n) is 6.68. The van der Waals surface area contributed by atoms with Crippen molar-refractivity contribution in [3.8, 4) is 0 Å². The van der Waals surface area contributed by atoms with Gasteiger partial charge in [-0.25, -0.2) is 4.79 Å². The minimum absolute atomic E-state index is 0.192. The van der Waals surface area contributed by atoms with Crippen LogP contribution in [0.1, 0.15) is 44.1 Å². The molecule has 2 rings (SSSR count). The number of rotatable bonds is 4. The molecule has 0 saturated heterocycles. The van der Waals surface area contributed by atoms with Crippen LogP contribution in [-0.2, 0) is 16.0 Å². The summed E-state index contributed by atoms with van der Waals surface area (Å²) in [4.78, 5) is 23.6. The van der Waals surface area contributed by atoms with Crippen LogP contribution in [0.15, 0.2) is 16.8 Å². The molecule has 1 saturated carbocycles. The van der Waals surface area contributed by atoms with Crippen LogP contribution < -0.4 is 5.32 Å². The van der Waals surface area contributed by atoms with Gasteiger partial charge in [0.2, 0.25) is 5.91 Å². The number of carboxylic acids is 1. The predicted octanol–water partition coefficient (Wildman–Crippen LogP) is 2.58. The number of thiophene rings is 1. The fourth-order valence-corrected chi connectivity index (χ4v) is 3.28. The van der Waals surface area contributed by atoms with Crippen molar-refractivity contribution in [2.75, 3.05) is 0 Å². The van der Waals surface area contributed by atoms with Gasteiger partial charge in [-0.15, -0.1) is 0 Å². The quantitative estimate of drug-likeness (QED) is 0.834. The summed E-state index contributed by atoms with van der Waals surface area (Å²) in [5, 5.41) is 16.1. The van der Waals surface area contributed by atoms with Gasteiger partial charge in [0.05, 0.1) is 6.42 Å². The molecule has 0 radical (unpaired) electrons. The third-order valence-corrected chi connectivity index (χ3v) is 4.42. The molecule has 1 fully saturated rings. The van der Waals surface area contributed by atoms with Crippen molar-refractivity contribution < 1.29 is 14.7 Å². The lowest BCUT2D eigenvalue weighted by atomic mass is 9.90. The predicted molar refractivity (Wildman–Crippen MR) is 74.2 cm³/mol. The molecule has 4 nitrogen and oxygen atoms in total.